The minimum atomic E-state index is -0.716. The number of carboxylic acid groups (broad SMARTS) is 1. The summed E-state index contributed by atoms with van der Waals surface area (Å²) in [5.41, 5.74) is 9.98. The van der Waals surface area contributed by atoms with Crippen LogP contribution in [0, 0.1) is 0 Å². The van der Waals surface area contributed by atoms with E-state index in [4.69, 9.17) is 16.6 Å². The molecule has 0 aromatic carbocycles. The number of esters is 1. The van der Waals surface area contributed by atoms with Gasteiger partial charge in [-0.25, -0.2) is 0 Å². The molecule has 5 N–H and O–H groups in total. The number of hydrogen-bond acceptors (Lipinski definition) is 5. The number of carboxylic acids is 1. The summed E-state index contributed by atoms with van der Waals surface area (Å²) in [6.45, 7) is 1.96. The first-order valence-electron chi connectivity index (χ1n) is 4.79. The van der Waals surface area contributed by atoms with E-state index in [0.29, 0.717) is 6.54 Å². The normalized spacial score (nSPS) is 8.73. The predicted octanol–water partition coefficient (Wildman–Crippen LogP) is 0.0558. The van der Waals surface area contributed by atoms with Gasteiger partial charge in [-0.2, -0.15) is 0 Å². The minimum Gasteiger partial charge on any atom is -0.481 e. The monoisotopic (exact) mass is 220 g/mol. The third kappa shape index (κ3) is 24.6. The summed E-state index contributed by atoms with van der Waals surface area (Å²) in [5.74, 6) is -1.05. The lowest BCUT2D eigenvalue weighted by Gasteiger charge is -1.93. The number of hydrogen-bond donors (Lipinski definition) is 3. The van der Waals surface area contributed by atoms with Crippen molar-refractivity contribution < 1.29 is 19.4 Å². The van der Waals surface area contributed by atoms with E-state index in [0.717, 1.165) is 19.3 Å². The highest BCUT2D eigenvalue weighted by Crippen LogP contribution is 1.97. The Kier molecular flexibility index (Phi) is 14.0. The van der Waals surface area contributed by atoms with Gasteiger partial charge in [0.15, 0.2) is 0 Å². The Balaban J connectivity index is 0. The van der Waals surface area contributed by atoms with E-state index >= 15 is 0 Å². The fourth-order valence-electron chi connectivity index (χ4n) is 0.715. The molecule has 0 aliphatic rings. The highest BCUT2D eigenvalue weighted by atomic mass is 16.5. The maximum absolute atomic E-state index is 9.93. The van der Waals surface area contributed by atoms with Gasteiger partial charge in [0.1, 0.15) is 6.73 Å². The van der Waals surface area contributed by atoms with Crippen molar-refractivity contribution in [3.8, 4) is 0 Å². The lowest BCUT2D eigenvalue weighted by Crippen LogP contribution is -2.07. The van der Waals surface area contributed by atoms with E-state index in [9.17, 15) is 9.59 Å². The third-order valence-corrected chi connectivity index (χ3v) is 1.38. The molecule has 0 radical (unpaired) electrons. The number of ether oxygens (including phenoxy) is 1. The lowest BCUT2D eigenvalue weighted by molar-refractivity contribution is -0.140. The predicted molar refractivity (Wildman–Crippen MR) is 56.0 cm³/mol. The molecule has 0 unspecified atom stereocenters. The molecule has 0 heterocycles. The maximum atomic E-state index is 9.93. The van der Waals surface area contributed by atoms with Crippen molar-refractivity contribution >= 4 is 11.9 Å². The Hall–Kier alpha value is -1.14. The van der Waals surface area contributed by atoms with Gasteiger partial charge in [-0.3, -0.25) is 15.3 Å². The van der Waals surface area contributed by atoms with Crippen LogP contribution in [0.5, 0.6) is 0 Å². The van der Waals surface area contributed by atoms with Crippen LogP contribution < -0.4 is 11.5 Å². The van der Waals surface area contributed by atoms with Gasteiger partial charge in [-0.1, -0.05) is 6.42 Å². The molecule has 6 nitrogen and oxygen atoms in total. The zero-order valence-corrected chi connectivity index (χ0v) is 9.07. The van der Waals surface area contributed by atoms with Gasteiger partial charge in [0.2, 0.25) is 0 Å². The highest BCUT2D eigenvalue weighted by Gasteiger charge is 1.94. The van der Waals surface area contributed by atoms with Crippen LogP contribution in [0.2, 0.25) is 0 Å². The van der Waals surface area contributed by atoms with Crippen molar-refractivity contribution in [1.29, 1.82) is 0 Å². The van der Waals surface area contributed by atoms with Crippen molar-refractivity contribution in [1.82, 2.24) is 0 Å². The summed E-state index contributed by atoms with van der Waals surface area (Å²) in [6, 6.07) is 0. The molecule has 0 amide bonds. The molecule has 6 heteroatoms. The van der Waals surface area contributed by atoms with Crippen LogP contribution in [-0.4, -0.2) is 30.3 Å². The Bertz CT molecular complexity index is 173. The van der Waals surface area contributed by atoms with Crippen molar-refractivity contribution in [3.63, 3.8) is 0 Å². The van der Waals surface area contributed by atoms with Crippen LogP contribution in [0.15, 0.2) is 0 Å². The van der Waals surface area contributed by atoms with Gasteiger partial charge in [0.25, 0.3) is 0 Å². The SMILES string of the molecule is CC(=O)OCN.NCCCCCC(=O)O. The fourth-order valence-corrected chi connectivity index (χ4v) is 0.715. The molecule has 90 valence electrons. The van der Waals surface area contributed by atoms with Crippen LogP contribution in [-0.2, 0) is 14.3 Å². The Morgan fingerprint density at radius 2 is 1.80 bits per heavy atom. The minimum absolute atomic E-state index is 0.0185. The van der Waals surface area contributed by atoms with E-state index in [1.165, 1.54) is 6.92 Å². The molecule has 0 saturated heterocycles. The van der Waals surface area contributed by atoms with Crippen molar-refractivity contribution in [2.24, 2.45) is 11.5 Å². The molecule has 0 aliphatic heterocycles. The summed E-state index contributed by atoms with van der Waals surface area (Å²) in [5, 5.41) is 8.18. The summed E-state index contributed by atoms with van der Waals surface area (Å²) >= 11 is 0. The van der Waals surface area contributed by atoms with Crippen LogP contribution >= 0.6 is 0 Å². The Morgan fingerprint density at radius 3 is 2.07 bits per heavy atom. The number of unbranched alkanes of at least 4 members (excludes halogenated alkanes) is 2. The van der Waals surface area contributed by atoms with Gasteiger partial charge in [-0.15, -0.1) is 0 Å². The number of rotatable bonds is 6. The molecule has 0 fully saturated rings. The number of aliphatic carboxylic acids is 1. The summed E-state index contributed by atoms with van der Waals surface area (Å²) < 4.78 is 4.18. The second kappa shape index (κ2) is 12.9. The van der Waals surface area contributed by atoms with Gasteiger partial charge >= 0.3 is 11.9 Å². The van der Waals surface area contributed by atoms with E-state index in [-0.39, 0.29) is 19.1 Å². The van der Waals surface area contributed by atoms with E-state index in [2.05, 4.69) is 4.74 Å². The van der Waals surface area contributed by atoms with Gasteiger partial charge < -0.3 is 15.6 Å². The van der Waals surface area contributed by atoms with E-state index in [1.807, 2.05) is 0 Å². The van der Waals surface area contributed by atoms with Crippen LogP contribution in [0.3, 0.4) is 0 Å². The Labute approximate surface area is 89.6 Å². The first-order valence-corrected chi connectivity index (χ1v) is 4.79. The molecule has 15 heavy (non-hydrogen) atoms. The average molecular weight is 220 g/mol. The second-order valence-corrected chi connectivity index (χ2v) is 2.80. The fraction of sp³-hybridized carbons (Fsp3) is 0.778. The van der Waals surface area contributed by atoms with Crippen LogP contribution in [0.1, 0.15) is 32.6 Å². The summed E-state index contributed by atoms with van der Waals surface area (Å²) in [7, 11) is 0. The van der Waals surface area contributed by atoms with Crippen molar-refractivity contribution in [2.45, 2.75) is 32.6 Å². The van der Waals surface area contributed by atoms with E-state index in [1.54, 1.807) is 0 Å². The van der Waals surface area contributed by atoms with Gasteiger partial charge in [-0.05, 0) is 19.4 Å². The molecule has 0 spiro atoms. The second-order valence-electron chi connectivity index (χ2n) is 2.80. The third-order valence-electron chi connectivity index (χ3n) is 1.38. The van der Waals surface area contributed by atoms with Crippen molar-refractivity contribution in [2.75, 3.05) is 13.3 Å². The zero-order valence-electron chi connectivity index (χ0n) is 9.07. The van der Waals surface area contributed by atoms with Gasteiger partial charge in [0, 0.05) is 13.3 Å². The molecular formula is C9H20N2O4. The van der Waals surface area contributed by atoms with Crippen LogP contribution in [0.4, 0.5) is 0 Å². The number of nitrogens with two attached hydrogens (primary N) is 2. The molecule has 0 aromatic rings. The summed E-state index contributed by atoms with van der Waals surface area (Å²) in [4.78, 5) is 19.7. The molecule has 0 aromatic heterocycles. The molecule has 0 aliphatic carbocycles. The van der Waals surface area contributed by atoms with Crippen LogP contribution in [0.25, 0.3) is 0 Å². The first kappa shape index (κ1) is 16.3. The lowest BCUT2D eigenvalue weighted by atomic mass is 10.2. The molecule has 0 rings (SSSR count). The standard InChI is InChI=1S/C6H13NO2.C3H7NO2/c7-5-3-1-2-4-6(8)9;1-3(5)6-2-4/h1-5,7H2,(H,8,9);2,4H2,1H3. The van der Waals surface area contributed by atoms with Crippen molar-refractivity contribution in [3.05, 3.63) is 0 Å². The number of carbonyl (C=O) groups is 2. The maximum Gasteiger partial charge on any atom is 0.303 e. The largest absolute Gasteiger partial charge is 0.481 e. The number of carbonyl (C=O) groups excluding carboxylic acids is 1. The molecule has 0 saturated carbocycles. The topological polar surface area (TPSA) is 116 Å². The zero-order chi connectivity index (χ0) is 12.1. The van der Waals surface area contributed by atoms with Gasteiger partial charge in [0.05, 0.1) is 0 Å². The Morgan fingerprint density at radius 1 is 1.20 bits per heavy atom. The highest BCUT2D eigenvalue weighted by molar-refractivity contribution is 5.66. The molecule has 0 atom stereocenters. The molecular weight excluding hydrogens is 200 g/mol. The smallest absolute Gasteiger partial charge is 0.303 e. The average Bonchev–Trinajstić information content (AvgIpc) is 2.13. The molecule has 0 bridgehead atoms. The quantitative estimate of drug-likeness (QED) is 0.331. The van der Waals surface area contributed by atoms with E-state index < -0.39 is 5.97 Å². The first-order chi connectivity index (χ1) is 7.04. The summed E-state index contributed by atoms with van der Waals surface area (Å²) in [6.07, 6.45) is 2.91.